The number of fused-ring (bicyclic) bond motifs is 5. The molecule has 4 rings (SSSR count). The summed E-state index contributed by atoms with van der Waals surface area (Å²) < 4.78 is 0. The zero-order chi connectivity index (χ0) is 19.6. The number of carbonyl (C=O) groups excluding carboxylic acids is 1. The molecule has 0 aromatic rings. The van der Waals surface area contributed by atoms with Crippen LogP contribution in [0.1, 0.15) is 85.5 Å². The molecule has 4 aliphatic carbocycles. The Morgan fingerprint density at radius 1 is 1.07 bits per heavy atom. The van der Waals surface area contributed by atoms with E-state index in [1.165, 1.54) is 37.7 Å². The molecular formula is C25H40O2. The van der Waals surface area contributed by atoms with Gasteiger partial charge >= 0.3 is 0 Å². The normalized spacial score (nSPS) is 51.8. The van der Waals surface area contributed by atoms with E-state index >= 15 is 0 Å². The van der Waals surface area contributed by atoms with E-state index in [9.17, 15) is 9.90 Å². The van der Waals surface area contributed by atoms with E-state index < -0.39 is 0 Å². The third-order valence-electron chi connectivity index (χ3n) is 10.2. The molecule has 0 saturated heterocycles. The Morgan fingerprint density at radius 3 is 2.44 bits per heavy atom. The van der Waals surface area contributed by atoms with Crippen LogP contribution in [0.15, 0.2) is 12.2 Å². The molecule has 3 unspecified atom stereocenters. The molecule has 2 nitrogen and oxygen atoms in total. The Bertz CT molecular complexity index is 624. The van der Waals surface area contributed by atoms with Crippen molar-refractivity contribution >= 4 is 5.78 Å². The standard InChI is InChI=1S/C25H40O2/c1-6-15(2)19-14-25(5)17(13-23(19)27)7-8-18-21-10-9-20(16(3)26)24(21,4)12-11-22(18)25/h17-23,27H,2,6-14H2,1,3-5H3/t17?,18-,19+,20+,21?,22?,23-,24+,25-/m0/s1. The summed E-state index contributed by atoms with van der Waals surface area (Å²) in [5.41, 5.74) is 1.85. The van der Waals surface area contributed by atoms with Crippen molar-refractivity contribution in [3.63, 3.8) is 0 Å². The van der Waals surface area contributed by atoms with Crippen molar-refractivity contribution in [1.82, 2.24) is 0 Å². The first-order valence-electron chi connectivity index (χ1n) is 11.6. The van der Waals surface area contributed by atoms with Gasteiger partial charge in [0.2, 0.25) is 0 Å². The molecule has 1 N–H and O–H groups in total. The van der Waals surface area contributed by atoms with Crippen molar-refractivity contribution in [2.75, 3.05) is 0 Å². The highest BCUT2D eigenvalue weighted by Gasteiger charge is 2.61. The van der Waals surface area contributed by atoms with Crippen LogP contribution in [0.5, 0.6) is 0 Å². The molecule has 0 aromatic heterocycles. The number of hydrogen-bond acceptors (Lipinski definition) is 2. The quantitative estimate of drug-likeness (QED) is 0.637. The molecule has 0 radical (unpaired) electrons. The van der Waals surface area contributed by atoms with Crippen LogP contribution in [-0.2, 0) is 4.79 Å². The zero-order valence-electron chi connectivity index (χ0n) is 18.0. The van der Waals surface area contributed by atoms with Gasteiger partial charge in [-0.2, -0.15) is 0 Å². The first-order chi connectivity index (χ1) is 12.7. The minimum absolute atomic E-state index is 0.186. The van der Waals surface area contributed by atoms with Crippen LogP contribution >= 0.6 is 0 Å². The van der Waals surface area contributed by atoms with Gasteiger partial charge in [-0.1, -0.05) is 32.9 Å². The van der Waals surface area contributed by atoms with Gasteiger partial charge in [0.25, 0.3) is 0 Å². The van der Waals surface area contributed by atoms with E-state index in [0.29, 0.717) is 23.0 Å². The predicted molar refractivity (Wildman–Crippen MR) is 110 cm³/mol. The highest BCUT2D eigenvalue weighted by Crippen LogP contribution is 2.68. The van der Waals surface area contributed by atoms with Crippen molar-refractivity contribution < 1.29 is 9.90 Å². The zero-order valence-corrected chi connectivity index (χ0v) is 18.0. The smallest absolute Gasteiger partial charge is 0.133 e. The number of hydrogen-bond donors (Lipinski definition) is 1. The molecule has 4 fully saturated rings. The summed E-state index contributed by atoms with van der Waals surface area (Å²) in [6, 6.07) is 0. The SMILES string of the molecule is C=C(CC)[C@H]1C[C@@]2(C)C(CC[C@@H]3C2CC[C@@]2(C)C3CC[C@@H]2C(C)=O)C[C@@H]1O. The summed E-state index contributed by atoms with van der Waals surface area (Å²) in [4.78, 5) is 12.3. The number of carbonyl (C=O) groups is 1. The lowest BCUT2D eigenvalue weighted by Gasteiger charge is -2.62. The molecule has 0 bridgehead atoms. The molecule has 0 heterocycles. The van der Waals surface area contributed by atoms with Crippen molar-refractivity contribution in [3.05, 3.63) is 12.2 Å². The molecule has 0 aromatic carbocycles. The average Bonchev–Trinajstić information content (AvgIpc) is 2.98. The number of aliphatic hydroxyl groups is 1. The fraction of sp³-hybridized carbons (Fsp3) is 0.880. The number of ketones is 1. The van der Waals surface area contributed by atoms with E-state index in [1.807, 2.05) is 6.92 Å². The van der Waals surface area contributed by atoms with Gasteiger partial charge in [0.05, 0.1) is 6.10 Å². The first-order valence-corrected chi connectivity index (χ1v) is 11.6. The first kappa shape index (κ1) is 19.7. The summed E-state index contributed by atoms with van der Waals surface area (Å²) >= 11 is 0. The lowest BCUT2D eigenvalue weighted by Crippen LogP contribution is -2.56. The molecule has 27 heavy (non-hydrogen) atoms. The second-order valence-corrected chi connectivity index (χ2v) is 11.1. The van der Waals surface area contributed by atoms with Gasteiger partial charge in [0.15, 0.2) is 0 Å². The fourth-order valence-corrected chi connectivity index (χ4v) is 8.65. The minimum atomic E-state index is -0.186. The lowest BCUT2D eigenvalue weighted by atomic mass is 9.43. The highest BCUT2D eigenvalue weighted by atomic mass is 16.3. The predicted octanol–water partition coefficient (Wildman–Crippen LogP) is 5.79. The number of rotatable bonds is 3. The van der Waals surface area contributed by atoms with Gasteiger partial charge in [-0.05, 0) is 99.2 Å². The highest BCUT2D eigenvalue weighted by molar-refractivity contribution is 5.79. The Balaban J connectivity index is 1.62. The van der Waals surface area contributed by atoms with Gasteiger partial charge in [0, 0.05) is 11.8 Å². The molecule has 0 amide bonds. The molecule has 0 aliphatic heterocycles. The summed E-state index contributed by atoms with van der Waals surface area (Å²) in [6.45, 7) is 13.3. The maximum atomic E-state index is 12.3. The monoisotopic (exact) mass is 372 g/mol. The Morgan fingerprint density at radius 2 is 1.78 bits per heavy atom. The second-order valence-electron chi connectivity index (χ2n) is 11.1. The minimum Gasteiger partial charge on any atom is -0.392 e. The van der Waals surface area contributed by atoms with Gasteiger partial charge < -0.3 is 5.11 Å². The van der Waals surface area contributed by atoms with Gasteiger partial charge in [0.1, 0.15) is 5.78 Å². The number of aliphatic hydroxyl groups excluding tert-OH is 1. The van der Waals surface area contributed by atoms with Crippen LogP contribution in [0.4, 0.5) is 0 Å². The Labute approximate surface area is 166 Å². The lowest BCUT2D eigenvalue weighted by molar-refractivity contribution is -0.144. The Hall–Kier alpha value is -0.630. The van der Waals surface area contributed by atoms with E-state index in [2.05, 4.69) is 27.4 Å². The molecule has 9 atom stereocenters. The van der Waals surface area contributed by atoms with Gasteiger partial charge in [-0.3, -0.25) is 4.79 Å². The van der Waals surface area contributed by atoms with Crippen LogP contribution in [0.25, 0.3) is 0 Å². The molecule has 4 aliphatic rings. The Kier molecular flexibility index (Phi) is 4.89. The summed E-state index contributed by atoms with van der Waals surface area (Å²) in [5.74, 6) is 4.00. The largest absolute Gasteiger partial charge is 0.392 e. The maximum absolute atomic E-state index is 12.3. The van der Waals surface area contributed by atoms with Gasteiger partial charge in [-0.25, -0.2) is 0 Å². The summed E-state index contributed by atoms with van der Waals surface area (Å²) in [5, 5.41) is 10.8. The molecular weight excluding hydrogens is 332 g/mol. The molecule has 152 valence electrons. The van der Waals surface area contributed by atoms with E-state index in [0.717, 1.165) is 43.4 Å². The topological polar surface area (TPSA) is 37.3 Å². The van der Waals surface area contributed by atoms with Crippen LogP contribution in [0.3, 0.4) is 0 Å². The van der Waals surface area contributed by atoms with E-state index in [4.69, 9.17) is 0 Å². The van der Waals surface area contributed by atoms with Crippen molar-refractivity contribution in [2.45, 2.75) is 91.6 Å². The van der Waals surface area contributed by atoms with Crippen LogP contribution < -0.4 is 0 Å². The maximum Gasteiger partial charge on any atom is 0.133 e. The molecule has 4 saturated carbocycles. The van der Waals surface area contributed by atoms with Crippen molar-refractivity contribution in [1.29, 1.82) is 0 Å². The third kappa shape index (κ3) is 2.80. The van der Waals surface area contributed by atoms with Gasteiger partial charge in [-0.15, -0.1) is 0 Å². The van der Waals surface area contributed by atoms with Crippen LogP contribution in [0, 0.1) is 46.3 Å². The van der Waals surface area contributed by atoms with Crippen LogP contribution in [0.2, 0.25) is 0 Å². The second kappa shape index (κ2) is 6.71. The van der Waals surface area contributed by atoms with E-state index in [-0.39, 0.29) is 17.4 Å². The van der Waals surface area contributed by atoms with Crippen molar-refractivity contribution in [3.8, 4) is 0 Å². The number of Topliss-reactive ketones (excluding diaryl/α,β-unsaturated/α-hetero) is 1. The average molecular weight is 373 g/mol. The van der Waals surface area contributed by atoms with Crippen LogP contribution in [-0.4, -0.2) is 17.0 Å². The van der Waals surface area contributed by atoms with E-state index in [1.54, 1.807) is 0 Å². The molecule has 0 spiro atoms. The third-order valence-corrected chi connectivity index (χ3v) is 10.2. The summed E-state index contributed by atoms with van der Waals surface area (Å²) in [7, 11) is 0. The summed E-state index contributed by atoms with van der Waals surface area (Å²) in [6.07, 6.45) is 10.4. The molecule has 2 heteroatoms. The van der Waals surface area contributed by atoms with Crippen molar-refractivity contribution in [2.24, 2.45) is 46.3 Å². The fourth-order valence-electron chi connectivity index (χ4n) is 8.65.